The Labute approximate surface area is 119 Å². The Kier molecular flexibility index (Phi) is 3.72. The fourth-order valence-electron chi connectivity index (χ4n) is 3.53. The topological polar surface area (TPSA) is 58.4 Å². The Hall–Kier alpha value is -1.46. The molecule has 108 valence electrons. The summed E-state index contributed by atoms with van der Waals surface area (Å²) >= 11 is 0. The van der Waals surface area contributed by atoms with Gasteiger partial charge in [0.25, 0.3) is 5.69 Å². The molecule has 1 aromatic carbocycles. The van der Waals surface area contributed by atoms with E-state index in [2.05, 4.69) is 17.1 Å². The molecule has 3 unspecified atom stereocenters. The van der Waals surface area contributed by atoms with Crippen molar-refractivity contribution in [2.45, 2.75) is 44.3 Å². The lowest BCUT2D eigenvalue weighted by atomic mass is 10.0. The van der Waals surface area contributed by atoms with Gasteiger partial charge in [0.15, 0.2) is 0 Å². The zero-order valence-electron chi connectivity index (χ0n) is 11.8. The van der Waals surface area contributed by atoms with Crippen LogP contribution in [0, 0.1) is 10.1 Å². The van der Waals surface area contributed by atoms with Gasteiger partial charge in [-0.2, -0.15) is 0 Å². The Morgan fingerprint density at radius 1 is 1.30 bits per heavy atom. The summed E-state index contributed by atoms with van der Waals surface area (Å²) in [5.74, 6) is 0. The summed E-state index contributed by atoms with van der Waals surface area (Å²) in [4.78, 5) is 13.3. The van der Waals surface area contributed by atoms with Crippen molar-refractivity contribution < 1.29 is 4.92 Å². The van der Waals surface area contributed by atoms with Crippen molar-refractivity contribution in [2.24, 2.45) is 0 Å². The third kappa shape index (κ3) is 2.55. The van der Waals surface area contributed by atoms with E-state index in [1.807, 2.05) is 12.1 Å². The molecule has 20 heavy (non-hydrogen) atoms. The average Bonchev–Trinajstić information content (AvgIpc) is 2.77. The molecular weight excluding hydrogens is 254 g/mol. The zero-order valence-corrected chi connectivity index (χ0v) is 11.8. The van der Waals surface area contributed by atoms with Crippen LogP contribution in [0.5, 0.6) is 0 Å². The number of fused-ring (bicyclic) bond motifs is 2. The minimum Gasteiger partial charge on any atom is -0.310 e. The zero-order chi connectivity index (χ0) is 14.1. The van der Waals surface area contributed by atoms with Gasteiger partial charge in [0, 0.05) is 42.8 Å². The number of nitro groups is 1. The van der Waals surface area contributed by atoms with Crippen LogP contribution in [0.3, 0.4) is 0 Å². The molecule has 2 aliphatic heterocycles. The van der Waals surface area contributed by atoms with Gasteiger partial charge in [0.2, 0.25) is 0 Å². The van der Waals surface area contributed by atoms with Gasteiger partial charge in [-0.25, -0.2) is 0 Å². The molecule has 5 heteroatoms. The number of para-hydroxylation sites is 1. The Morgan fingerprint density at radius 2 is 2.05 bits per heavy atom. The fraction of sp³-hybridized carbons (Fsp3) is 0.600. The van der Waals surface area contributed by atoms with Crippen LogP contribution in [-0.2, 0) is 0 Å². The van der Waals surface area contributed by atoms with E-state index < -0.39 is 0 Å². The summed E-state index contributed by atoms with van der Waals surface area (Å²) in [5, 5.41) is 14.8. The highest BCUT2D eigenvalue weighted by Gasteiger charge is 2.32. The van der Waals surface area contributed by atoms with E-state index in [4.69, 9.17) is 0 Å². The second kappa shape index (κ2) is 5.50. The second-order valence-electron chi connectivity index (χ2n) is 5.91. The molecule has 2 fully saturated rings. The van der Waals surface area contributed by atoms with Gasteiger partial charge < -0.3 is 5.32 Å². The van der Waals surface area contributed by atoms with E-state index in [0.29, 0.717) is 12.1 Å². The molecule has 3 rings (SSSR count). The normalized spacial score (nSPS) is 28.1. The summed E-state index contributed by atoms with van der Waals surface area (Å²) in [7, 11) is 0. The first-order valence-electron chi connectivity index (χ1n) is 7.38. The number of benzene rings is 1. The first-order valence-corrected chi connectivity index (χ1v) is 7.38. The maximum Gasteiger partial charge on any atom is 0.274 e. The van der Waals surface area contributed by atoms with E-state index in [1.54, 1.807) is 12.1 Å². The molecule has 1 aromatic rings. The smallest absolute Gasteiger partial charge is 0.274 e. The predicted molar refractivity (Wildman–Crippen MR) is 77.6 cm³/mol. The summed E-state index contributed by atoms with van der Waals surface area (Å²) in [6, 6.07) is 8.41. The molecule has 5 nitrogen and oxygen atoms in total. The van der Waals surface area contributed by atoms with Crippen LogP contribution in [-0.4, -0.2) is 35.0 Å². The van der Waals surface area contributed by atoms with Crippen LogP contribution in [0.2, 0.25) is 0 Å². The van der Waals surface area contributed by atoms with Crippen molar-refractivity contribution in [1.82, 2.24) is 10.2 Å². The highest BCUT2D eigenvalue weighted by Crippen LogP contribution is 2.31. The molecule has 0 saturated carbocycles. The van der Waals surface area contributed by atoms with Crippen molar-refractivity contribution in [3.8, 4) is 0 Å². The van der Waals surface area contributed by atoms with Crippen molar-refractivity contribution in [3.05, 3.63) is 39.9 Å². The van der Waals surface area contributed by atoms with Crippen LogP contribution in [0.15, 0.2) is 24.3 Å². The van der Waals surface area contributed by atoms with Gasteiger partial charge in [0.1, 0.15) is 0 Å². The molecule has 2 heterocycles. The molecule has 0 aliphatic carbocycles. The van der Waals surface area contributed by atoms with E-state index in [9.17, 15) is 10.1 Å². The van der Waals surface area contributed by atoms with Crippen molar-refractivity contribution in [1.29, 1.82) is 0 Å². The maximum absolute atomic E-state index is 11.2. The first-order chi connectivity index (χ1) is 9.65. The molecule has 0 spiro atoms. The number of hydrogen-bond acceptors (Lipinski definition) is 4. The Bertz CT molecular complexity index is 506. The molecule has 0 amide bonds. The Balaban J connectivity index is 1.81. The van der Waals surface area contributed by atoms with Gasteiger partial charge >= 0.3 is 0 Å². The van der Waals surface area contributed by atoms with Gasteiger partial charge in [0.05, 0.1) is 4.92 Å². The lowest BCUT2D eigenvalue weighted by molar-refractivity contribution is -0.386. The molecule has 0 aromatic heterocycles. The van der Waals surface area contributed by atoms with Crippen molar-refractivity contribution >= 4 is 5.69 Å². The number of hydrogen-bond donors (Lipinski definition) is 1. The highest BCUT2D eigenvalue weighted by atomic mass is 16.6. The first kappa shape index (κ1) is 13.5. The summed E-state index contributed by atoms with van der Waals surface area (Å²) in [5.41, 5.74) is 1.07. The van der Waals surface area contributed by atoms with E-state index in [-0.39, 0.29) is 16.7 Å². The summed E-state index contributed by atoms with van der Waals surface area (Å²) in [6.07, 6.45) is 3.64. The van der Waals surface area contributed by atoms with Crippen LogP contribution >= 0.6 is 0 Å². The Morgan fingerprint density at radius 3 is 2.85 bits per heavy atom. The fourth-order valence-corrected chi connectivity index (χ4v) is 3.53. The van der Waals surface area contributed by atoms with Gasteiger partial charge in [-0.15, -0.1) is 0 Å². The number of nitrogens with one attached hydrogen (secondary N) is 1. The van der Waals surface area contributed by atoms with Crippen molar-refractivity contribution in [2.75, 3.05) is 13.1 Å². The quantitative estimate of drug-likeness (QED) is 0.680. The maximum atomic E-state index is 11.2. The predicted octanol–water partition coefficient (Wildman–Crippen LogP) is 2.48. The van der Waals surface area contributed by atoms with Crippen LogP contribution in [0.1, 0.15) is 37.8 Å². The third-order valence-electron chi connectivity index (χ3n) is 4.69. The molecule has 0 radical (unpaired) electrons. The standard InChI is InChI=1S/C15H21N3O2/c1-11(14-4-2-3-5-15(14)18(19)20)17-9-8-12-6-7-13(10-17)16-12/h2-5,11-13,16H,6-10H2,1H3. The number of nitro benzene ring substituents is 1. The highest BCUT2D eigenvalue weighted by molar-refractivity contribution is 5.41. The molecule has 3 atom stereocenters. The second-order valence-corrected chi connectivity index (χ2v) is 5.91. The number of likely N-dealkylation sites (tertiary alicyclic amines) is 1. The van der Waals surface area contributed by atoms with Gasteiger partial charge in [-0.1, -0.05) is 18.2 Å². The van der Waals surface area contributed by atoms with Gasteiger partial charge in [-0.05, 0) is 26.2 Å². The lowest BCUT2D eigenvalue weighted by Crippen LogP contribution is -2.36. The molecule has 2 saturated heterocycles. The van der Waals surface area contributed by atoms with Gasteiger partial charge in [-0.3, -0.25) is 15.0 Å². The van der Waals surface area contributed by atoms with E-state index in [0.717, 1.165) is 25.1 Å². The molecular formula is C15H21N3O2. The van der Waals surface area contributed by atoms with Crippen LogP contribution < -0.4 is 5.32 Å². The molecule has 1 N–H and O–H groups in total. The van der Waals surface area contributed by atoms with Crippen molar-refractivity contribution in [3.63, 3.8) is 0 Å². The minimum absolute atomic E-state index is 0.0951. The number of nitrogens with zero attached hydrogens (tertiary/aromatic N) is 2. The summed E-state index contributed by atoms with van der Waals surface area (Å²) < 4.78 is 0. The lowest BCUT2D eigenvalue weighted by Gasteiger charge is -2.30. The average molecular weight is 275 g/mol. The van der Waals surface area contributed by atoms with Crippen LogP contribution in [0.25, 0.3) is 0 Å². The molecule has 2 aliphatic rings. The molecule has 2 bridgehead atoms. The largest absolute Gasteiger partial charge is 0.310 e. The third-order valence-corrected chi connectivity index (χ3v) is 4.69. The van der Waals surface area contributed by atoms with Crippen LogP contribution in [0.4, 0.5) is 5.69 Å². The minimum atomic E-state index is -0.270. The SMILES string of the molecule is CC(c1ccccc1[N+](=O)[O-])N1CCC2CCC(C1)N2. The van der Waals surface area contributed by atoms with E-state index in [1.165, 1.54) is 12.8 Å². The summed E-state index contributed by atoms with van der Waals surface area (Å²) in [6.45, 7) is 4.09. The number of rotatable bonds is 3. The van der Waals surface area contributed by atoms with E-state index >= 15 is 0 Å². The monoisotopic (exact) mass is 275 g/mol.